The second kappa shape index (κ2) is 7.93. The Morgan fingerprint density at radius 2 is 1.62 bits per heavy atom. The van der Waals surface area contributed by atoms with Gasteiger partial charge in [-0.3, -0.25) is 4.79 Å². The fraction of sp³-hybridized carbons (Fsp3) is 0.190. The van der Waals surface area contributed by atoms with Crippen LogP contribution in [0.5, 0.6) is 11.5 Å². The number of ketones is 1. The Labute approximate surface area is 174 Å². The molecule has 0 N–H and O–H groups in total. The van der Waals surface area contributed by atoms with Crippen LogP contribution in [0.25, 0.3) is 0 Å². The number of halogens is 1. The molecule has 8 heteroatoms. The molecule has 3 rings (SSSR count). The average molecular weight is 434 g/mol. The van der Waals surface area contributed by atoms with Gasteiger partial charge in [0.15, 0.2) is 5.75 Å². The molecule has 29 heavy (non-hydrogen) atoms. The lowest BCUT2D eigenvalue weighted by molar-refractivity contribution is 0.103. The zero-order valence-corrected chi connectivity index (χ0v) is 18.0. The Kier molecular flexibility index (Phi) is 5.73. The van der Waals surface area contributed by atoms with Crippen LogP contribution in [0.3, 0.4) is 0 Å². The minimum Gasteiger partial charge on any atom is -0.496 e. The number of rotatable bonds is 6. The van der Waals surface area contributed by atoms with Crippen molar-refractivity contribution in [2.75, 3.05) is 14.2 Å². The Morgan fingerprint density at radius 3 is 2.21 bits per heavy atom. The second-order valence-corrected chi connectivity index (χ2v) is 8.74. The molecule has 0 atom stereocenters. The first-order valence-corrected chi connectivity index (χ1v) is 10.5. The zero-order valence-electron chi connectivity index (χ0n) is 16.4. The van der Waals surface area contributed by atoms with E-state index >= 15 is 0 Å². The van der Waals surface area contributed by atoms with E-state index in [0.717, 1.165) is 9.54 Å². The summed E-state index contributed by atoms with van der Waals surface area (Å²) in [6, 6.07) is 9.56. The van der Waals surface area contributed by atoms with Crippen molar-refractivity contribution < 1.29 is 22.7 Å². The predicted molar refractivity (Wildman–Crippen MR) is 111 cm³/mol. The third kappa shape index (κ3) is 3.75. The number of aryl methyl sites for hydroxylation is 2. The highest BCUT2D eigenvalue weighted by Gasteiger charge is 2.26. The number of hydrogen-bond acceptors (Lipinski definition) is 5. The fourth-order valence-corrected chi connectivity index (χ4v) is 4.58. The summed E-state index contributed by atoms with van der Waals surface area (Å²) in [7, 11) is -0.976. The third-order valence-electron chi connectivity index (χ3n) is 4.53. The van der Waals surface area contributed by atoms with E-state index in [9.17, 15) is 13.2 Å². The van der Waals surface area contributed by atoms with Gasteiger partial charge >= 0.3 is 0 Å². The molecule has 0 aliphatic carbocycles. The van der Waals surface area contributed by atoms with Gasteiger partial charge in [-0.1, -0.05) is 29.3 Å². The lowest BCUT2D eigenvalue weighted by Crippen LogP contribution is -2.12. The van der Waals surface area contributed by atoms with Crippen LogP contribution in [0, 0.1) is 13.8 Å². The summed E-state index contributed by atoms with van der Waals surface area (Å²) in [4.78, 5) is 13.3. The van der Waals surface area contributed by atoms with Gasteiger partial charge in [0.1, 0.15) is 11.3 Å². The predicted octanol–water partition coefficient (Wildman–Crippen LogP) is 4.24. The molecule has 0 unspecified atom stereocenters. The SMILES string of the molecule is COc1c(C)cc(Cl)c(OC)c1C(=O)c1ccn(S(=O)(=O)c2ccc(C)cc2)c1. The summed E-state index contributed by atoms with van der Waals surface area (Å²) in [5.41, 5.74) is 1.92. The van der Waals surface area contributed by atoms with Gasteiger partial charge in [0, 0.05) is 18.0 Å². The van der Waals surface area contributed by atoms with Crippen LogP contribution >= 0.6 is 11.6 Å². The van der Waals surface area contributed by atoms with E-state index in [1.807, 2.05) is 6.92 Å². The summed E-state index contributed by atoms with van der Waals surface area (Å²) in [6.45, 7) is 3.63. The van der Waals surface area contributed by atoms with E-state index in [4.69, 9.17) is 21.1 Å². The van der Waals surface area contributed by atoms with Crippen LogP contribution < -0.4 is 9.47 Å². The number of nitrogens with zero attached hydrogens (tertiary/aromatic N) is 1. The molecular weight excluding hydrogens is 414 g/mol. The van der Waals surface area contributed by atoms with Crippen LogP contribution in [0.2, 0.25) is 5.02 Å². The van der Waals surface area contributed by atoms with Gasteiger partial charge in [0.25, 0.3) is 10.0 Å². The number of carbonyl (C=O) groups is 1. The maximum absolute atomic E-state index is 13.2. The van der Waals surface area contributed by atoms with E-state index in [1.54, 1.807) is 25.1 Å². The van der Waals surface area contributed by atoms with Gasteiger partial charge in [-0.05, 0) is 43.7 Å². The van der Waals surface area contributed by atoms with Crippen LogP contribution in [0.4, 0.5) is 0 Å². The molecule has 6 nitrogen and oxygen atoms in total. The quantitative estimate of drug-likeness (QED) is 0.543. The van der Waals surface area contributed by atoms with E-state index < -0.39 is 15.8 Å². The highest BCUT2D eigenvalue weighted by Crippen LogP contribution is 2.39. The first-order valence-electron chi connectivity index (χ1n) is 8.66. The summed E-state index contributed by atoms with van der Waals surface area (Å²) in [5.74, 6) is 0.0424. The van der Waals surface area contributed by atoms with Crippen molar-refractivity contribution in [3.63, 3.8) is 0 Å². The maximum atomic E-state index is 13.2. The van der Waals surface area contributed by atoms with Crippen molar-refractivity contribution in [1.82, 2.24) is 3.97 Å². The molecule has 1 heterocycles. The lowest BCUT2D eigenvalue weighted by atomic mass is 10.0. The highest BCUT2D eigenvalue weighted by molar-refractivity contribution is 7.90. The number of benzene rings is 2. The normalized spacial score (nSPS) is 11.3. The van der Waals surface area contributed by atoms with Gasteiger partial charge in [0.2, 0.25) is 5.78 Å². The van der Waals surface area contributed by atoms with Crippen LogP contribution in [0.15, 0.2) is 53.7 Å². The Balaban J connectivity index is 2.08. The molecule has 152 valence electrons. The molecule has 0 aliphatic rings. The molecule has 0 bridgehead atoms. The average Bonchev–Trinajstić information content (AvgIpc) is 3.18. The molecule has 0 spiro atoms. The Bertz CT molecular complexity index is 1150. The summed E-state index contributed by atoms with van der Waals surface area (Å²) < 4.78 is 37.4. The van der Waals surface area contributed by atoms with Gasteiger partial charge in [-0.15, -0.1) is 0 Å². The topological polar surface area (TPSA) is 74.6 Å². The van der Waals surface area contributed by atoms with E-state index in [-0.39, 0.29) is 26.8 Å². The number of ether oxygens (including phenoxy) is 2. The largest absolute Gasteiger partial charge is 0.496 e. The van der Waals surface area contributed by atoms with Crippen LogP contribution in [0.1, 0.15) is 27.0 Å². The first-order chi connectivity index (χ1) is 13.7. The molecule has 2 aromatic carbocycles. The second-order valence-electron chi connectivity index (χ2n) is 6.49. The maximum Gasteiger partial charge on any atom is 0.267 e. The molecule has 1 aromatic heterocycles. The molecule has 0 aliphatic heterocycles. The molecule has 0 fully saturated rings. The molecular formula is C21H20ClNO5S. The summed E-state index contributed by atoms with van der Waals surface area (Å²) in [6.07, 6.45) is 2.60. The monoisotopic (exact) mass is 433 g/mol. The van der Waals surface area contributed by atoms with Crippen molar-refractivity contribution in [2.45, 2.75) is 18.7 Å². The van der Waals surface area contributed by atoms with Crippen LogP contribution in [-0.2, 0) is 10.0 Å². The first kappa shape index (κ1) is 21.0. The molecule has 0 radical (unpaired) electrons. The third-order valence-corrected chi connectivity index (χ3v) is 6.46. The van der Waals surface area contributed by atoms with Crippen molar-refractivity contribution >= 4 is 27.4 Å². The van der Waals surface area contributed by atoms with Crippen molar-refractivity contribution in [2.24, 2.45) is 0 Å². The molecule has 0 amide bonds. The van der Waals surface area contributed by atoms with Crippen molar-refractivity contribution in [3.8, 4) is 11.5 Å². The fourth-order valence-electron chi connectivity index (χ4n) is 3.05. The molecule has 0 saturated heterocycles. The Hall–Kier alpha value is -2.77. The minimum atomic E-state index is -3.82. The van der Waals surface area contributed by atoms with E-state index in [1.165, 1.54) is 44.8 Å². The summed E-state index contributed by atoms with van der Waals surface area (Å²) in [5, 5.41) is 0.265. The minimum absolute atomic E-state index is 0.131. The van der Waals surface area contributed by atoms with E-state index in [2.05, 4.69) is 0 Å². The smallest absolute Gasteiger partial charge is 0.267 e. The van der Waals surface area contributed by atoms with E-state index in [0.29, 0.717) is 11.3 Å². The van der Waals surface area contributed by atoms with Crippen molar-refractivity contribution in [1.29, 1.82) is 0 Å². The number of hydrogen-bond donors (Lipinski definition) is 0. The molecule has 3 aromatic rings. The molecule has 0 saturated carbocycles. The standard InChI is InChI=1S/C21H20ClNO5S/c1-13-5-7-16(8-6-13)29(25,26)23-10-9-15(12-23)19(24)18-20(27-3)14(2)11-17(22)21(18)28-4/h5-12H,1-4H3. The van der Waals surface area contributed by atoms with Gasteiger partial charge < -0.3 is 9.47 Å². The van der Waals surface area contributed by atoms with Gasteiger partial charge in [-0.2, -0.15) is 0 Å². The zero-order chi connectivity index (χ0) is 21.3. The van der Waals surface area contributed by atoms with Crippen molar-refractivity contribution in [3.05, 3.63) is 76.1 Å². The van der Waals surface area contributed by atoms with Crippen LogP contribution in [-0.4, -0.2) is 32.4 Å². The Morgan fingerprint density at radius 1 is 1.00 bits per heavy atom. The van der Waals surface area contributed by atoms with Gasteiger partial charge in [0.05, 0.1) is 24.1 Å². The number of methoxy groups -OCH3 is 2. The number of carbonyl (C=O) groups excluding carboxylic acids is 1. The lowest BCUT2D eigenvalue weighted by Gasteiger charge is -2.15. The number of aromatic nitrogens is 1. The van der Waals surface area contributed by atoms with Gasteiger partial charge in [-0.25, -0.2) is 12.4 Å². The highest BCUT2D eigenvalue weighted by atomic mass is 35.5. The summed E-state index contributed by atoms with van der Waals surface area (Å²) >= 11 is 6.23.